The summed E-state index contributed by atoms with van der Waals surface area (Å²) in [5.41, 5.74) is 3.23. The summed E-state index contributed by atoms with van der Waals surface area (Å²) in [6, 6.07) is 9.09. The van der Waals surface area contributed by atoms with Crippen LogP contribution in [0.15, 0.2) is 24.3 Å². The van der Waals surface area contributed by atoms with Gasteiger partial charge in [0.15, 0.2) is 0 Å². The second-order valence-corrected chi connectivity index (χ2v) is 5.62. The average Bonchev–Trinajstić information content (AvgIpc) is 2.33. The molecule has 0 aromatic heterocycles. The van der Waals surface area contributed by atoms with Crippen molar-refractivity contribution in [3.05, 3.63) is 35.4 Å². The fourth-order valence-electron chi connectivity index (χ4n) is 3.12. The summed E-state index contributed by atoms with van der Waals surface area (Å²) in [6.07, 6.45) is 2.66. The molecule has 1 aromatic carbocycles. The molecule has 16 heavy (non-hydrogen) atoms. The van der Waals surface area contributed by atoms with Crippen molar-refractivity contribution in [2.45, 2.75) is 52.4 Å². The van der Waals surface area contributed by atoms with Gasteiger partial charge in [0.2, 0.25) is 0 Å². The van der Waals surface area contributed by atoms with Gasteiger partial charge in [0, 0.05) is 0 Å². The lowest BCUT2D eigenvalue weighted by atomic mass is 9.67. The number of fused-ring (bicyclic) bond motifs is 1. The monoisotopic (exact) mass is 216 g/mol. The Labute approximate surface area is 100 Å². The molecule has 0 saturated heterocycles. The molecule has 0 amide bonds. The third kappa shape index (κ3) is 1.90. The first kappa shape index (κ1) is 11.7. The maximum atomic E-state index is 2.41. The first-order chi connectivity index (χ1) is 7.65. The van der Waals surface area contributed by atoms with Gasteiger partial charge in [-0.3, -0.25) is 0 Å². The largest absolute Gasteiger partial charge is 0.0651 e. The van der Waals surface area contributed by atoms with Crippen molar-refractivity contribution in [3.8, 4) is 0 Å². The van der Waals surface area contributed by atoms with E-state index in [0.717, 1.165) is 23.7 Å². The average molecular weight is 216 g/mol. The lowest BCUT2D eigenvalue weighted by molar-refractivity contribution is 0.311. The van der Waals surface area contributed by atoms with Crippen LogP contribution in [-0.2, 0) is 0 Å². The Balaban J connectivity index is 2.40. The highest BCUT2D eigenvalue weighted by atomic mass is 14.4. The smallest absolute Gasteiger partial charge is 0.0131 e. The normalized spacial score (nSPS) is 30.9. The van der Waals surface area contributed by atoms with Crippen molar-refractivity contribution in [2.75, 3.05) is 0 Å². The van der Waals surface area contributed by atoms with Gasteiger partial charge < -0.3 is 0 Å². The molecular weight excluding hydrogens is 192 g/mol. The van der Waals surface area contributed by atoms with E-state index >= 15 is 0 Å². The molecule has 0 spiro atoms. The van der Waals surface area contributed by atoms with Crippen LogP contribution in [0.4, 0.5) is 0 Å². The number of benzene rings is 1. The van der Waals surface area contributed by atoms with Gasteiger partial charge in [0.1, 0.15) is 0 Å². The fourth-order valence-corrected chi connectivity index (χ4v) is 3.12. The van der Waals surface area contributed by atoms with E-state index in [1.807, 2.05) is 0 Å². The molecule has 0 saturated carbocycles. The molecule has 0 bridgehead atoms. The first-order valence-corrected chi connectivity index (χ1v) is 6.74. The predicted molar refractivity (Wildman–Crippen MR) is 70.8 cm³/mol. The van der Waals surface area contributed by atoms with Crippen molar-refractivity contribution in [1.29, 1.82) is 0 Å². The lowest BCUT2D eigenvalue weighted by Crippen LogP contribution is -2.23. The van der Waals surface area contributed by atoms with E-state index in [2.05, 4.69) is 52.0 Å². The van der Waals surface area contributed by atoms with Crippen molar-refractivity contribution in [3.63, 3.8) is 0 Å². The van der Waals surface area contributed by atoms with E-state index in [1.54, 1.807) is 11.1 Å². The predicted octanol–water partition coefficient (Wildman–Crippen LogP) is 4.96. The molecule has 0 radical (unpaired) electrons. The summed E-state index contributed by atoms with van der Waals surface area (Å²) in [4.78, 5) is 0. The van der Waals surface area contributed by atoms with E-state index < -0.39 is 0 Å². The molecular formula is C16H24. The zero-order valence-electron chi connectivity index (χ0n) is 11.0. The minimum atomic E-state index is 0.733. The molecule has 0 heteroatoms. The Morgan fingerprint density at radius 3 is 2.44 bits per heavy atom. The molecule has 0 unspecified atom stereocenters. The molecule has 4 atom stereocenters. The second-order valence-electron chi connectivity index (χ2n) is 5.62. The number of hydrogen-bond acceptors (Lipinski definition) is 0. The van der Waals surface area contributed by atoms with Gasteiger partial charge in [-0.05, 0) is 41.2 Å². The van der Waals surface area contributed by atoms with Gasteiger partial charge in [-0.15, -0.1) is 0 Å². The quantitative estimate of drug-likeness (QED) is 0.655. The van der Waals surface area contributed by atoms with E-state index in [4.69, 9.17) is 0 Å². The SMILES string of the molecule is CC[C@@H](C)[C@@H]1C[C@H](C)[C@H](C)c2ccccc21. The van der Waals surface area contributed by atoms with Crippen LogP contribution >= 0.6 is 0 Å². The van der Waals surface area contributed by atoms with Gasteiger partial charge in [-0.1, -0.05) is 58.4 Å². The maximum absolute atomic E-state index is 2.41. The molecule has 88 valence electrons. The van der Waals surface area contributed by atoms with Gasteiger partial charge in [0.25, 0.3) is 0 Å². The summed E-state index contributed by atoms with van der Waals surface area (Å²) >= 11 is 0. The van der Waals surface area contributed by atoms with Crippen LogP contribution in [0.25, 0.3) is 0 Å². The summed E-state index contributed by atoms with van der Waals surface area (Å²) in [7, 11) is 0. The number of hydrogen-bond donors (Lipinski definition) is 0. The van der Waals surface area contributed by atoms with Crippen molar-refractivity contribution in [1.82, 2.24) is 0 Å². The summed E-state index contributed by atoms with van der Waals surface area (Å²) in [5, 5.41) is 0. The highest BCUT2D eigenvalue weighted by molar-refractivity contribution is 5.36. The van der Waals surface area contributed by atoms with Crippen molar-refractivity contribution < 1.29 is 0 Å². The minimum absolute atomic E-state index is 0.733. The zero-order chi connectivity index (χ0) is 11.7. The molecule has 0 nitrogen and oxygen atoms in total. The molecule has 1 aliphatic carbocycles. The Kier molecular flexibility index (Phi) is 3.37. The van der Waals surface area contributed by atoms with E-state index in [1.165, 1.54) is 12.8 Å². The van der Waals surface area contributed by atoms with Crippen molar-refractivity contribution in [2.24, 2.45) is 11.8 Å². The van der Waals surface area contributed by atoms with Gasteiger partial charge in [0.05, 0.1) is 0 Å². The molecule has 1 aromatic rings. The molecule has 0 aliphatic heterocycles. The van der Waals surface area contributed by atoms with Crippen LogP contribution in [0.1, 0.15) is 63.5 Å². The van der Waals surface area contributed by atoms with Gasteiger partial charge in [-0.2, -0.15) is 0 Å². The lowest BCUT2D eigenvalue weighted by Gasteiger charge is -2.37. The van der Waals surface area contributed by atoms with E-state index in [9.17, 15) is 0 Å². The highest BCUT2D eigenvalue weighted by Gasteiger charge is 2.31. The Bertz CT molecular complexity index is 353. The number of rotatable bonds is 2. The van der Waals surface area contributed by atoms with Crippen LogP contribution in [0.5, 0.6) is 0 Å². The van der Waals surface area contributed by atoms with Crippen LogP contribution in [0, 0.1) is 11.8 Å². The zero-order valence-corrected chi connectivity index (χ0v) is 11.0. The molecule has 0 heterocycles. The summed E-state index contributed by atoms with van der Waals surface area (Å²) < 4.78 is 0. The highest BCUT2D eigenvalue weighted by Crippen LogP contribution is 2.45. The summed E-state index contributed by atoms with van der Waals surface area (Å²) in [5.74, 6) is 3.16. The molecule has 1 aliphatic rings. The first-order valence-electron chi connectivity index (χ1n) is 6.74. The standard InChI is InChI=1S/C16H24/c1-5-11(2)16-10-12(3)13(4)14-8-6-7-9-15(14)16/h6-9,11-13,16H,5,10H2,1-4H3/t11-,12+,13+,16+/m1/s1. The summed E-state index contributed by atoms with van der Waals surface area (Å²) in [6.45, 7) is 9.52. The Hall–Kier alpha value is -0.780. The van der Waals surface area contributed by atoms with E-state index in [-0.39, 0.29) is 0 Å². The Morgan fingerprint density at radius 1 is 1.19 bits per heavy atom. The maximum Gasteiger partial charge on any atom is -0.0131 e. The van der Waals surface area contributed by atoms with Crippen LogP contribution in [0.2, 0.25) is 0 Å². The van der Waals surface area contributed by atoms with Gasteiger partial charge >= 0.3 is 0 Å². The van der Waals surface area contributed by atoms with Crippen molar-refractivity contribution >= 4 is 0 Å². The third-order valence-electron chi connectivity index (χ3n) is 4.70. The van der Waals surface area contributed by atoms with Crippen LogP contribution in [0.3, 0.4) is 0 Å². The van der Waals surface area contributed by atoms with Crippen LogP contribution in [-0.4, -0.2) is 0 Å². The van der Waals surface area contributed by atoms with Crippen LogP contribution < -0.4 is 0 Å². The minimum Gasteiger partial charge on any atom is -0.0651 e. The third-order valence-corrected chi connectivity index (χ3v) is 4.70. The second kappa shape index (κ2) is 4.61. The Morgan fingerprint density at radius 2 is 1.81 bits per heavy atom. The van der Waals surface area contributed by atoms with Gasteiger partial charge in [-0.25, -0.2) is 0 Å². The topological polar surface area (TPSA) is 0 Å². The fraction of sp³-hybridized carbons (Fsp3) is 0.625. The van der Waals surface area contributed by atoms with E-state index in [0.29, 0.717) is 0 Å². The molecule has 0 fully saturated rings. The molecule has 0 N–H and O–H groups in total. The molecule has 2 rings (SSSR count).